The van der Waals surface area contributed by atoms with Crippen molar-refractivity contribution in [3.05, 3.63) is 75.7 Å². The van der Waals surface area contributed by atoms with Crippen LogP contribution in [0.5, 0.6) is 0 Å². The van der Waals surface area contributed by atoms with Gasteiger partial charge < -0.3 is 15.0 Å². The second-order valence-electron chi connectivity index (χ2n) is 7.32. The first-order valence-electron chi connectivity index (χ1n) is 9.61. The van der Waals surface area contributed by atoms with E-state index in [2.05, 4.69) is 15.0 Å². The number of rotatable bonds is 7. The van der Waals surface area contributed by atoms with Gasteiger partial charge in [0.1, 0.15) is 0 Å². The molecule has 0 unspecified atom stereocenters. The summed E-state index contributed by atoms with van der Waals surface area (Å²) >= 11 is 5.88. The Hall–Kier alpha value is -2.23. The first-order valence-corrected chi connectivity index (χ1v) is 11.5. The number of nitrogens with one attached hydrogen (secondary N) is 3. The van der Waals surface area contributed by atoms with E-state index in [4.69, 9.17) is 16.3 Å². The minimum absolute atomic E-state index is 0.0559. The molecule has 0 radical (unpaired) electrons. The Morgan fingerprint density at radius 1 is 1.10 bits per heavy atom. The SMILES string of the molecule is O=c1[nH]ccc2c(S(=O)(=O)N[C@@H]3CN[C@H](COCc4ccc(Cl)cc4)C3)cccc12. The molecule has 2 heterocycles. The first kappa shape index (κ1) is 21.0. The quantitative estimate of drug-likeness (QED) is 0.516. The molecular weight excluding hydrogens is 426 g/mol. The number of halogens is 1. The van der Waals surface area contributed by atoms with E-state index in [0.29, 0.717) is 42.0 Å². The maximum absolute atomic E-state index is 13.0. The van der Waals surface area contributed by atoms with Crippen molar-refractivity contribution < 1.29 is 13.2 Å². The Labute approximate surface area is 179 Å². The van der Waals surface area contributed by atoms with E-state index in [-0.39, 0.29) is 22.5 Å². The molecule has 2 aromatic carbocycles. The third kappa shape index (κ3) is 4.74. The van der Waals surface area contributed by atoms with Gasteiger partial charge in [-0.2, -0.15) is 0 Å². The number of hydrogen-bond acceptors (Lipinski definition) is 5. The zero-order valence-electron chi connectivity index (χ0n) is 16.1. The molecule has 0 aliphatic carbocycles. The van der Waals surface area contributed by atoms with E-state index < -0.39 is 10.0 Å². The smallest absolute Gasteiger partial charge is 0.255 e. The van der Waals surface area contributed by atoms with Crippen molar-refractivity contribution in [2.24, 2.45) is 0 Å². The van der Waals surface area contributed by atoms with Crippen LogP contribution in [0.4, 0.5) is 0 Å². The van der Waals surface area contributed by atoms with Gasteiger partial charge in [0.15, 0.2) is 0 Å². The Morgan fingerprint density at radius 2 is 1.90 bits per heavy atom. The van der Waals surface area contributed by atoms with Gasteiger partial charge >= 0.3 is 0 Å². The summed E-state index contributed by atoms with van der Waals surface area (Å²) in [5, 5.41) is 4.73. The Kier molecular flexibility index (Phi) is 6.21. The average molecular weight is 448 g/mol. The van der Waals surface area contributed by atoms with Crippen LogP contribution in [-0.2, 0) is 21.4 Å². The van der Waals surface area contributed by atoms with Crippen molar-refractivity contribution in [3.63, 3.8) is 0 Å². The third-order valence-corrected chi connectivity index (χ3v) is 6.94. The van der Waals surface area contributed by atoms with E-state index in [1.54, 1.807) is 18.2 Å². The Bertz CT molecular complexity index is 1190. The van der Waals surface area contributed by atoms with E-state index >= 15 is 0 Å². The average Bonchev–Trinajstić information content (AvgIpc) is 3.16. The van der Waals surface area contributed by atoms with Crippen molar-refractivity contribution in [1.82, 2.24) is 15.0 Å². The zero-order valence-corrected chi connectivity index (χ0v) is 17.7. The summed E-state index contributed by atoms with van der Waals surface area (Å²) in [6.07, 6.45) is 2.07. The van der Waals surface area contributed by atoms with Gasteiger partial charge in [-0.1, -0.05) is 29.8 Å². The largest absolute Gasteiger partial charge is 0.375 e. The van der Waals surface area contributed by atoms with Gasteiger partial charge in [-0.25, -0.2) is 13.1 Å². The molecule has 0 spiro atoms. The molecule has 3 aromatic rings. The van der Waals surface area contributed by atoms with Crippen LogP contribution >= 0.6 is 11.6 Å². The number of pyridine rings is 1. The molecule has 0 saturated carbocycles. The molecular formula is C21H22ClN3O4S. The molecule has 1 aliphatic rings. The highest BCUT2D eigenvalue weighted by molar-refractivity contribution is 7.89. The predicted octanol–water partition coefficient (Wildman–Crippen LogP) is 2.41. The van der Waals surface area contributed by atoms with Crippen LogP contribution in [0.3, 0.4) is 0 Å². The third-order valence-electron chi connectivity index (χ3n) is 5.11. The second-order valence-corrected chi connectivity index (χ2v) is 9.44. The van der Waals surface area contributed by atoms with Crippen LogP contribution in [0.15, 0.2) is 64.4 Å². The van der Waals surface area contributed by atoms with Crippen LogP contribution in [0.25, 0.3) is 10.8 Å². The number of aromatic amines is 1. The molecule has 30 heavy (non-hydrogen) atoms. The van der Waals surface area contributed by atoms with Crippen LogP contribution < -0.4 is 15.6 Å². The minimum Gasteiger partial charge on any atom is -0.375 e. The fraction of sp³-hybridized carbons (Fsp3) is 0.286. The van der Waals surface area contributed by atoms with Crippen LogP contribution in [0, 0.1) is 0 Å². The van der Waals surface area contributed by atoms with E-state index in [0.717, 1.165) is 5.56 Å². The summed E-state index contributed by atoms with van der Waals surface area (Å²) in [6.45, 7) is 1.46. The lowest BCUT2D eigenvalue weighted by Crippen LogP contribution is -2.36. The molecule has 3 N–H and O–H groups in total. The Morgan fingerprint density at radius 3 is 2.70 bits per heavy atom. The van der Waals surface area contributed by atoms with Crippen LogP contribution in [0.2, 0.25) is 5.02 Å². The molecule has 4 rings (SSSR count). The highest BCUT2D eigenvalue weighted by atomic mass is 35.5. The van der Waals surface area contributed by atoms with E-state index in [1.807, 2.05) is 24.3 Å². The zero-order chi connectivity index (χ0) is 21.1. The molecule has 9 heteroatoms. The lowest BCUT2D eigenvalue weighted by molar-refractivity contribution is 0.103. The summed E-state index contributed by atoms with van der Waals surface area (Å²) in [5.74, 6) is 0. The summed E-state index contributed by atoms with van der Waals surface area (Å²) in [7, 11) is -3.77. The number of hydrogen-bond donors (Lipinski definition) is 3. The maximum atomic E-state index is 13.0. The summed E-state index contributed by atoms with van der Waals surface area (Å²) in [6, 6.07) is 13.6. The number of benzene rings is 2. The van der Waals surface area contributed by atoms with Gasteiger partial charge in [0, 0.05) is 40.6 Å². The molecule has 1 saturated heterocycles. The number of ether oxygens (including phenoxy) is 1. The van der Waals surface area contributed by atoms with Gasteiger partial charge in [0.05, 0.1) is 18.1 Å². The number of sulfonamides is 1. The Balaban J connectivity index is 1.36. The van der Waals surface area contributed by atoms with Crippen molar-refractivity contribution in [3.8, 4) is 0 Å². The standard InChI is InChI=1S/C21H22ClN3O4S/c22-15-6-4-14(5-7-15)12-29-13-17-10-16(11-24-17)25-30(27,28)20-3-1-2-19-18(20)8-9-23-21(19)26/h1-9,16-17,24-25H,10-13H2,(H,23,26)/t16-,17-/m0/s1. The van der Waals surface area contributed by atoms with Crippen LogP contribution in [-0.4, -0.2) is 38.6 Å². The summed E-state index contributed by atoms with van der Waals surface area (Å²) in [5.41, 5.74) is 0.713. The monoisotopic (exact) mass is 447 g/mol. The second kappa shape index (κ2) is 8.87. The summed E-state index contributed by atoms with van der Waals surface area (Å²) in [4.78, 5) is 14.6. The van der Waals surface area contributed by atoms with E-state index in [1.165, 1.54) is 12.3 Å². The normalized spacial score (nSPS) is 19.4. The van der Waals surface area contributed by atoms with Gasteiger partial charge in [-0.15, -0.1) is 0 Å². The van der Waals surface area contributed by atoms with Gasteiger partial charge in [-0.05, 0) is 42.3 Å². The highest BCUT2D eigenvalue weighted by Crippen LogP contribution is 2.21. The molecule has 0 bridgehead atoms. The van der Waals surface area contributed by atoms with Gasteiger partial charge in [-0.3, -0.25) is 4.79 Å². The highest BCUT2D eigenvalue weighted by Gasteiger charge is 2.29. The van der Waals surface area contributed by atoms with Crippen LogP contribution in [0.1, 0.15) is 12.0 Å². The molecule has 2 atom stereocenters. The molecule has 158 valence electrons. The molecule has 1 aromatic heterocycles. The van der Waals surface area contributed by atoms with Crippen molar-refractivity contribution in [2.75, 3.05) is 13.2 Å². The van der Waals surface area contributed by atoms with Gasteiger partial charge in [0.2, 0.25) is 10.0 Å². The summed E-state index contributed by atoms with van der Waals surface area (Å²) < 4.78 is 34.4. The fourth-order valence-electron chi connectivity index (χ4n) is 3.65. The molecule has 1 aliphatic heterocycles. The fourth-order valence-corrected chi connectivity index (χ4v) is 5.24. The van der Waals surface area contributed by atoms with Crippen molar-refractivity contribution >= 4 is 32.4 Å². The van der Waals surface area contributed by atoms with Gasteiger partial charge in [0.25, 0.3) is 5.56 Å². The lowest BCUT2D eigenvalue weighted by Gasteiger charge is -2.14. The number of aromatic nitrogens is 1. The van der Waals surface area contributed by atoms with Crippen molar-refractivity contribution in [2.45, 2.75) is 30.0 Å². The topological polar surface area (TPSA) is 100 Å². The van der Waals surface area contributed by atoms with Crippen molar-refractivity contribution in [1.29, 1.82) is 0 Å². The molecule has 1 fully saturated rings. The molecule has 0 amide bonds. The number of fused-ring (bicyclic) bond motifs is 1. The lowest BCUT2D eigenvalue weighted by atomic mass is 10.2. The predicted molar refractivity (Wildman–Crippen MR) is 116 cm³/mol. The number of H-pyrrole nitrogens is 1. The molecule has 7 nitrogen and oxygen atoms in total. The van der Waals surface area contributed by atoms with E-state index in [9.17, 15) is 13.2 Å². The first-order chi connectivity index (χ1) is 14.4. The maximum Gasteiger partial charge on any atom is 0.255 e. The minimum atomic E-state index is -3.77.